The largest absolute Gasteiger partial charge is 0.495 e. The SMILES string of the molecule is COc1c(Cl)c2c(c(C)c1CN)CCCC2. The summed E-state index contributed by atoms with van der Waals surface area (Å²) in [4.78, 5) is 0. The predicted molar refractivity (Wildman–Crippen MR) is 67.3 cm³/mol. The number of hydrogen-bond acceptors (Lipinski definition) is 2. The van der Waals surface area contributed by atoms with E-state index < -0.39 is 0 Å². The molecule has 16 heavy (non-hydrogen) atoms. The van der Waals surface area contributed by atoms with Gasteiger partial charge in [0.2, 0.25) is 0 Å². The smallest absolute Gasteiger partial charge is 0.142 e. The highest BCUT2D eigenvalue weighted by Gasteiger charge is 2.22. The Labute approximate surface area is 102 Å². The van der Waals surface area contributed by atoms with Gasteiger partial charge in [0.05, 0.1) is 12.1 Å². The molecule has 3 heteroatoms. The maximum absolute atomic E-state index is 6.40. The van der Waals surface area contributed by atoms with E-state index >= 15 is 0 Å². The summed E-state index contributed by atoms with van der Waals surface area (Å²) in [5.41, 5.74) is 10.8. The number of methoxy groups -OCH3 is 1. The van der Waals surface area contributed by atoms with Crippen molar-refractivity contribution in [3.8, 4) is 5.75 Å². The normalized spacial score (nSPS) is 14.8. The molecule has 0 saturated carbocycles. The van der Waals surface area contributed by atoms with Crippen LogP contribution in [0, 0.1) is 6.92 Å². The molecule has 1 aliphatic rings. The van der Waals surface area contributed by atoms with Crippen molar-refractivity contribution < 1.29 is 4.74 Å². The van der Waals surface area contributed by atoms with Crippen LogP contribution in [0.1, 0.15) is 35.1 Å². The van der Waals surface area contributed by atoms with Gasteiger partial charge in [0.25, 0.3) is 0 Å². The standard InChI is InChI=1S/C13H18ClNO/c1-8-9-5-3-4-6-10(9)12(14)13(16-2)11(8)7-15/h3-7,15H2,1-2H3. The first-order valence-corrected chi connectivity index (χ1v) is 6.15. The van der Waals surface area contributed by atoms with Crippen molar-refractivity contribution in [1.29, 1.82) is 0 Å². The Morgan fingerprint density at radius 3 is 2.44 bits per heavy atom. The van der Waals surface area contributed by atoms with Gasteiger partial charge in [-0.25, -0.2) is 0 Å². The van der Waals surface area contributed by atoms with Crippen LogP contribution in [0.2, 0.25) is 5.02 Å². The molecule has 0 aliphatic heterocycles. The van der Waals surface area contributed by atoms with E-state index in [0.717, 1.165) is 29.2 Å². The van der Waals surface area contributed by atoms with Crippen molar-refractivity contribution in [2.45, 2.75) is 39.2 Å². The molecule has 88 valence electrons. The molecular weight excluding hydrogens is 222 g/mol. The molecule has 0 aromatic heterocycles. The highest BCUT2D eigenvalue weighted by atomic mass is 35.5. The Bertz CT molecular complexity index is 359. The third kappa shape index (κ3) is 1.70. The first-order valence-electron chi connectivity index (χ1n) is 5.77. The molecule has 0 fully saturated rings. The third-order valence-electron chi connectivity index (χ3n) is 3.52. The van der Waals surface area contributed by atoms with Gasteiger partial charge in [0, 0.05) is 12.1 Å². The third-order valence-corrected chi connectivity index (χ3v) is 3.92. The molecule has 0 bridgehead atoms. The molecule has 0 atom stereocenters. The fourth-order valence-electron chi connectivity index (χ4n) is 2.64. The summed E-state index contributed by atoms with van der Waals surface area (Å²) in [6.07, 6.45) is 4.66. The van der Waals surface area contributed by atoms with Crippen molar-refractivity contribution in [3.05, 3.63) is 27.3 Å². The van der Waals surface area contributed by atoms with Gasteiger partial charge in [-0.15, -0.1) is 0 Å². The van der Waals surface area contributed by atoms with E-state index in [1.54, 1.807) is 7.11 Å². The molecule has 1 aromatic rings. The van der Waals surface area contributed by atoms with Crippen LogP contribution < -0.4 is 10.5 Å². The quantitative estimate of drug-likeness (QED) is 0.861. The molecule has 1 aliphatic carbocycles. The molecule has 2 rings (SSSR count). The summed E-state index contributed by atoms with van der Waals surface area (Å²) in [7, 11) is 1.66. The molecule has 0 amide bonds. The van der Waals surface area contributed by atoms with E-state index in [4.69, 9.17) is 22.1 Å². The Kier molecular flexibility index (Phi) is 3.41. The van der Waals surface area contributed by atoms with E-state index in [-0.39, 0.29) is 0 Å². The summed E-state index contributed by atoms with van der Waals surface area (Å²) < 4.78 is 5.40. The summed E-state index contributed by atoms with van der Waals surface area (Å²) >= 11 is 6.40. The van der Waals surface area contributed by atoms with Crippen LogP contribution in [-0.4, -0.2) is 7.11 Å². The van der Waals surface area contributed by atoms with Crippen LogP contribution in [0.15, 0.2) is 0 Å². The van der Waals surface area contributed by atoms with Crippen LogP contribution in [0.25, 0.3) is 0 Å². The molecule has 0 unspecified atom stereocenters. The molecule has 0 spiro atoms. The Balaban J connectivity index is 2.69. The summed E-state index contributed by atoms with van der Waals surface area (Å²) in [5.74, 6) is 0.780. The average Bonchev–Trinajstić information content (AvgIpc) is 2.33. The van der Waals surface area contributed by atoms with Gasteiger partial charge in [0.1, 0.15) is 5.75 Å². The van der Waals surface area contributed by atoms with Crippen LogP contribution in [0.5, 0.6) is 5.75 Å². The topological polar surface area (TPSA) is 35.2 Å². The Morgan fingerprint density at radius 1 is 1.25 bits per heavy atom. The zero-order chi connectivity index (χ0) is 11.7. The molecule has 0 heterocycles. The summed E-state index contributed by atoms with van der Waals surface area (Å²) in [5, 5.41) is 0.781. The predicted octanol–water partition coefficient (Wildman–Crippen LogP) is 2.99. The van der Waals surface area contributed by atoms with Crippen molar-refractivity contribution in [2.24, 2.45) is 5.73 Å². The van der Waals surface area contributed by atoms with Gasteiger partial charge < -0.3 is 10.5 Å². The lowest BCUT2D eigenvalue weighted by Gasteiger charge is -2.24. The maximum Gasteiger partial charge on any atom is 0.142 e. The molecule has 0 radical (unpaired) electrons. The van der Waals surface area contributed by atoms with Crippen LogP contribution in [-0.2, 0) is 19.4 Å². The van der Waals surface area contributed by atoms with Crippen LogP contribution in [0.3, 0.4) is 0 Å². The van der Waals surface area contributed by atoms with Crippen molar-refractivity contribution in [2.75, 3.05) is 7.11 Å². The van der Waals surface area contributed by atoms with Crippen molar-refractivity contribution in [1.82, 2.24) is 0 Å². The molecular formula is C13H18ClNO. The number of benzene rings is 1. The number of ether oxygens (including phenoxy) is 1. The molecule has 1 aromatic carbocycles. The molecule has 2 N–H and O–H groups in total. The lowest BCUT2D eigenvalue weighted by atomic mass is 9.86. The van der Waals surface area contributed by atoms with E-state index in [2.05, 4.69) is 6.92 Å². The van der Waals surface area contributed by atoms with E-state index in [0.29, 0.717) is 6.54 Å². The second-order valence-corrected chi connectivity index (χ2v) is 4.70. The first kappa shape index (κ1) is 11.7. The molecule has 0 saturated heterocycles. The minimum Gasteiger partial charge on any atom is -0.495 e. The van der Waals surface area contributed by atoms with E-state index in [1.165, 1.54) is 29.5 Å². The second-order valence-electron chi connectivity index (χ2n) is 4.32. The number of rotatable bonds is 2. The number of hydrogen-bond donors (Lipinski definition) is 1. The van der Waals surface area contributed by atoms with Crippen molar-refractivity contribution >= 4 is 11.6 Å². The Morgan fingerprint density at radius 2 is 1.88 bits per heavy atom. The minimum atomic E-state index is 0.488. The fourth-order valence-corrected chi connectivity index (χ4v) is 3.04. The van der Waals surface area contributed by atoms with Crippen LogP contribution in [0.4, 0.5) is 0 Å². The number of fused-ring (bicyclic) bond motifs is 1. The van der Waals surface area contributed by atoms with E-state index in [9.17, 15) is 0 Å². The highest BCUT2D eigenvalue weighted by molar-refractivity contribution is 6.33. The average molecular weight is 240 g/mol. The summed E-state index contributed by atoms with van der Waals surface area (Å²) in [6, 6.07) is 0. The zero-order valence-electron chi connectivity index (χ0n) is 9.90. The van der Waals surface area contributed by atoms with Gasteiger partial charge in [-0.05, 0) is 49.3 Å². The van der Waals surface area contributed by atoms with Gasteiger partial charge in [-0.3, -0.25) is 0 Å². The number of halogens is 1. The highest BCUT2D eigenvalue weighted by Crippen LogP contribution is 2.40. The lowest BCUT2D eigenvalue weighted by Crippen LogP contribution is -2.12. The number of nitrogens with two attached hydrogens (primary N) is 1. The first-order chi connectivity index (χ1) is 7.70. The van der Waals surface area contributed by atoms with Gasteiger partial charge >= 0.3 is 0 Å². The molecule has 2 nitrogen and oxygen atoms in total. The maximum atomic E-state index is 6.40. The monoisotopic (exact) mass is 239 g/mol. The van der Waals surface area contributed by atoms with Gasteiger partial charge in [-0.2, -0.15) is 0 Å². The lowest BCUT2D eigenvalue weighted by molar-refractivity contribution is 0.408. The second kappa shape index (κ2) is 4.64. The van der Waals surface area contributed by atoms with Crippen molar-refractivity contribution in [3.63, 3.8) is 0 Å². The van der Waals surface area contributed by atoms with Gasteiger partial charge in [0.15, 0.2) is 0 Å². The zero-order valence-corrected chi connectivity index (χ0v) is 10.7. The minimum absolute atomic E-state index is 0.488. The van der Waals surface area contributed by atoms with Crippen LogP contribution >= 0.6 is 11.6 Å². The summed E-state index contributed by atoms with van der Waals surface area (Å²) in [6.45, 7) is 2.62. The fraction of sp³-hybridized carbons (Fsp3) is 0.538. The van der Waals surface area contributed by atoms with Gasteiger partial charge in [-0.1, -0.05) is 11.6 Å². The van der Waals surface area contributed by atoms with E-state index in [1.807, 2.05) is 0 Å². The Hall–Kier alpha value is -0.730.